The molecule has 1 N–H and O–H groups in total. The van der Waals surface area contributed by atoms with Crippen LogP contribution in [-0.2, 0) is 9.59 Å². The second-order valence-electron chi connectivity index (χ2n) is 8.47. The van der Waals surface area contributed by atoms with E-state index in [4.69, 9.17) is 4.74 Å². The van der Waals surface area contributed by atoms with E-state index in [1.54, 1.807) is 12.0 Å². The second kappa shape index (κ2) is 11.9. The van der Waals surface area contributed by atoms with Gasteiger partial charge >= 0.3 is 0 Å². The molecule has 4 rings (SSSR count). The van der Waals surface area contributed by atoms with Crippen LogP contribution >= 0.6 is 27.7 Å². The number of hydrogen-bond donors (Lipinski definition) is 1. The van der Waals surface area contributed by atoms with Gasteiger partial charge in [0.1, 0.15) is 12.3 Å². The lowest BCUT2D eigenvalue weighted by Gasteiger charge is -2.30. The predicted molar refractivity (Wildman–Crippen MR) is 141 cm³/mol. The van der Waals surface area contributed by atoms with Gasteiger partial charge in [0.25, 0.3) is 5.91 Å². The van der Waals surface area contributed by atoms with Crippen LogP contribution in [0.2, 0.25) is 0 Å². The monoisotopic (exact) mass is 543 g/mol. The number of amides is 2. The van der Waals surface area contributed by atoms with E-state index in [9.17, 15) is 9.59 Å². The number of likely N-dealkylation sites (tertiary alicyclic amines) is 1. The smallest absolute Gasteiger partial charge is 0.265 e. The molecule has 1 saturated heterocycles. The first-order valence-electron chi connectivity index (χ1n) is 11.7. The number of benzene rings is 2. The maximum Gasteiger partial charge on any atom is 0.265 e. The van der Waals surface area contributed by atoms with Crippen molar-refractivity contribution < 1.29 is 14.3 Å². The zero-order valence-corrected chi connectivity index (χ0v) is 21.8. The third-order valence-electron chi connectivity index (χ3n) is 6.06. The molecular formula is C26H30BrN3O3S. The van der Waals surface area contributed by atoms with Crippen molar-refractivity contribution >= 4 is 51.3 Å². The summed E-state index contributed by atoms with van der Waals surface area (Å²) in [4.78, 5) is 31.7. The van der Waals surface area contributed by atoms with Gasteiger partial charge in [-0.15, -0.1) is 0 Å². The highest BCUT2D eigenvalue weighted by Gasteiger charge is 2.30. The normalized spacial score (nSPS) is 17.9. The number of thioether (sulfide) groups is 1. The first kappa shape index (κ1) is 24.8. The molecule has 2 aromatic carbocycles. The molecule has 0 atom stereocenters. The first-order chi connectivity index (χ1) is 16.5. The zero-order valence-electron chi connectivity index (χ0n) is 19.4. The molecule has 0 radical (unpaired) electrons. The number of ether oxygens (including phenoxy) is 1. The van der Waals surface area contributed by atoms with E-state index in [-0.39, 0.29) is 18.4 Å². The minimum Gasteiger partial charge on any atom is -0.496 e. The predicted octanol–water partition coefficient (Wildman–Crippen LogP) is 4.93. The van der Waals surface area contributed by atoms with Crippen molar-refractivity contribution in [3.63, 3.8) is 0 Å². The summed E-state index contributed by atoms with van der Waals surface area (Å²) in [5.74, 6) is 0.420. The molecule has 2 aliphatic heterocycles. The third kappa shape index (κ3) is 6.23. The van der Waals surface area contributed by atoms with Crippen LogP contribution in [0.4, 0.5) is 5.69 Å². The fourth-order valence-electron chi connectivity index (χ4n) is 4.26. The van der Waals surface area contributed by atoms with E-state index in [1.165, 1.54) is 37.4 Å². The van der Waals surface area contributed by atoms with Gasteiger partial charge in [0.2, 0.25) is 5.91 Å². The van der Waals surface area contributed by atoms with Crippen LogP contribution in [0.25, 0.3) is 6.08 Å². The quantitative estimate of drug-likeness (QED) is 0.501. The van der Waals surface area contributed by atoms with Crippen molar-refractivity contribution in [3.8, 4) is 5.75 Å². The molecule has 2 heterocycles. The molecule has 8 heteroatoms. The van der Waals surface area contributed by atoms with Gasteiger partial charge in [0.15, 0.2) is 0 Å². The number of nitrogens with zero attached hydrogens (tertiary/aromatic N) is 2. The number of halogens is 1. The minimum atomic E-state index is -0.168. The Bertz CT molecular complexity index is 1070. The number of anilines is 1. The molecule has 2 aromatic rings. The molecule has 0 aromatic heterocycles. The van der Waals surface area contributed by atoms with Crippen molar-refractivity contribution in [2.24, 2.45) is 0 Å². The van der Waals surface area contributed by atoms with Gasteiger partial charge in [0, 0.05) is 18.0 Å². The molecule has 0 spiro atoms. The Morgan fingerprint density at radius 2 is 1.91 bits per heavy atom. The van der Waals surface area contributed by atoms with E-state index in [1.807, 2.05) is 48.5 Å². The van der Waals surface area contributed by atoms with Crippen molar-refractivity contribution in [1.82, 2.24) is 10.2 Å². The number of nitrogens with one attached hydrogen (secondary N) is 1. The number of para-hydroxylation sites is 1. The Balaban J connectivity index is 1.45. The van der Waals surface area contributed by atoms with E-state index < -0.39 is 0 Å². The lowest BCUT2D eigenvalue weighted by Crippen LogP contribution is -2.44. The average molecular weight is 545 g/mol. The second-order valence-corrected chi connectivity index (χ2v) is 10.4. The highest BCUT2D eigenvalue weighted by Crippen LogP contribution is 2.42. The van der Waals surface area contributed by atoms with E-state index in [0.717, 1.165) is 46.0 Å². The Morgan fingerprint density at radius 1 is 1.15 bits per heavy atom. The van der Waals surface area contributed by atoms with Crippen LogP contribution in [0.1, 0.15) is 31.2 Å². The summed E-state index contributed by atoms with van der Waals surface area (Å²) in [5, 5.41) is 3.01. The Morgan fingerprint density at radius 3 is 2.65 bits per heavy atom. The topological polar surface area (TPSA) is 61.9 Å². The molecule has 2 aliphatic rings. The van der Waals surface area contributed by atoms with Gasteiger partial charge in [-0.25, -0.2) is 0 Å². The van der Waals surface area contributed by atoms with Crippen LogP contribution in [0.3, 0.4) is 0 Å². The maximum atomic E-state index is 13.4. The van der Waals surface area contributed by atoms with Crippen LogP contribution in [0, 0.1) is 0 Å². The molecule has 6 nitrogen and oxygen atoms in total. The minimum absolute atomic E-state index is 0.0000532. The summed E-state index contributed by atoms with van der Waals surface area (Å²) >= 11 is 4.93. The summed E-state index contributed by atoms with van der Waals surface area (Å²) in [5.41, 5.74) is 1.65. The SMILES string of the molecule is COc1ccc(/C=C2/Sc3ccccc3N(CC(=O)NCCN3CCCCCC3)C2=O)cc1Br. The van der Waals surface area contributed by atoms with E-state index in [0.29, 0.717) is 11.4 Å². The molecule has 0 aliphatic carbocycles. The average Bonchev–Trinajstić information content (AvgIpc) is 3.11. The summed E-state index contributed by atoms with van der Waals surface area (Å²) in [6, 6.07) is 13.4. The van der Waals surface area contributed by atoms with Crippen LogP contribution in [0.15, 0.2) is 56.7 Å². The number of methoxy groups -OCH3 is 1. The van der Waals surface area contributed by atoms with Crippen LogP contribution < -0.4 is 15.0 Å². The van der Waals surface area contributed by atoms with Crippen LogP contribution in [0.5, 0.6) is 5.75 Å². The van der Waals surface area contributed by atoms with Crippen molar-refractivity contribution in [2.75, 3.05) is 44.7 Å². The number of hydrogen-bond acceptors (Lipinski definition) is 5. The van der Waals surface area contributed by atoms with Gasteiger partial charge in [-0.05, 0) is 77.8 Å². The highest BCUT2D eigenvalue weighted by atomic mass is 79.9. The van der Waals surface area contributed by atoms with Crippen molar-refractivity contribution in [2.45, 2.75) is 30.6 Å². The number of carbonyl (C=O) groups excluding carboxylic acids is 2. The molecule has 0 unspecified atom stereocenters. The lowest BCUT2D eigenvalue weighted by atomic mass is 10.2. The molecule has 0 saturated carbocycles. The molecule has 1 fully saturated rings. The van der Waals surface area contributed by atoms with Gasteiger partial charge < -0.3 is 15.0 Å². The fraction of sp³-hybridized carbons (Fsp3) is 0.385. The summed E-state index contributed by atoms with van der Waals surface area (Å²) in [6.45, 7) is 3.64. The van der Waals surface area contributed by atoms with Crippen LogP contribution in [-0.4, -0.2) is 56.5 Å². The number of rotatable bonds is 7. The maximum absolute atomic E-state index is 13.4. The van der Waals surface area contributed by atoms with Gasteiger partial charge in [-0.1, -0.05) is 42.8 Å². The number of fused-ring (bicyclic) bond motifs is 1. The van der Waals surface area contributed by atoms with E-state index >= 15 is 0 Å². The largest absolute Gasteiger partial charge is 0.496 e. The third-order valence-corrected chi connectivity index (χ3v) is 7.75. The van der Waals surface area contributed by atoms with E-state index in [2.05, 4.69) is 26.1 Å². The Hall–Kier alpha value is -2.29. The first-order valence-corrected chi connectivity index (χ1v) is 13.3. The fourth-order valence-corrected chi connectivity index (χ4v) is 5.87. The highest BCUT2D eigenvalue weighted by molar-refractivity contribution is 9.10. The lowest BCUT2D eigenvalue weighted by molar-refractivity contribution is -0.122. The van der Waals surface area contributed by atoms with Gasteiger partial charge in [0.05, 0.1) is 22.2 Å². The standard InChI is InChI=1S/C26H30BrN3O3S/c1-33-22-11-10-19(16-20(22)27)17-24-26(32)30(21-8-4-5-9-23(21)34-24)18-25(31)28-12-15-29-13-6-2-3-7-14-29/h4-5,8-11,16-17H,2-3,6-7,12-15,18H2,1H3,(H,28,31)/b24-17+. The Kier molecular flexibility index (Phi) is 8.69. The molecule has 2 amide bonds. The molecular weight excluding hydrogens is 514 g/mol. The zero-order chi connectivity index (χ0) is 23.9. The summed E-state index contributed by atoms with van der Waals surface area (Å²) < 4.78 is 6.12. The molecule has 34 heavy (non-hydrogen) atoms. The van der Waals surface area contributed by atoms with Crippen molar-refractivity contribution in [1.29, 1.82) is 0 Å². The van der Waals surface area contributed by atoms with Gasteiger partial charge in [-0.2, -0.15) is 0 Å². The number of carbonyl (C=O) groups is 2. The molecule has 180 valence electrons. The summed E-state index contributed by atoms with van der Waals surface area (Å²) in [6.07, 6.45) is 6.90. The van der Waals surface area contributed by atoms with Crippen molar-refractivity contribution in [3.05, 3.63) is 57.4 Å². The summed E-state index contributed by atoms with van der Waals surface area (Å²) in [7, 11) is 1.62. The molecule has 0 bridgehead atoms. The Labute approximate surface area is 213 Å². The van der Waals surface area contributed by atoms with Gasteiger partial charge in [-0.3, -0.25) is 14.5 Å².